The van der Waals surface area contributed by atoms with Gasteiger partial charge in [0.25, 0.3) is 0 Å². The molecule has 0 atom stereocenters. The van der Waals surface area contributed by atoms with Gasteiger partial charge in [-0.05, 0) is 60.7 Å². The van der Waals surface area contributed by atoms with Gasteiger partial charge in [-0.3, -0.25) is 0 Å². The molecule has 0 aliphatic heterocycles. The number of hydrogen-bond donors (Lipinski definition) is 0. The molecule has 0 saturated carbocycles. The summed E-state index contributed by atoms with van der Waals surface area (Å²) in [4.78, 5) is 4.75. The zero-order chi connectivity index (χ0) is 21.1. The Morgan fingerprint density at radius 2 is 1.53 bits per heavy atom. The Balaban J connectivity index is 1.71. The second kappa shape index (κ2) is 8.12. The Labute approximate surface area is 173 Å². The number of halogens is 1. The summed E-state index contributed by atoms with van der Waals surface area (Å²) >= 11 is 0. The zero-order valence-electron chi connectivity index (χ0n) is 16.1. The summed E-state index contributed by atoms with van der Waals surface area (Å²) in [5, 5.41) is 0. The van der Waals surface area contributed by atoms with E-state index in [2.05, 4.69) is 4.98 Å². The highest BCUT2D eigenvalue weighted by atomic mass is 32.2. The lowest BCUT2D eigenvalue weighted by molar-refractivity contribution is 0.264. The molecule has 0 saturated heterocycles. The molecule has 1 heterocycles. The normalized spacial score (nSPS) is 11.4. The van der Waals surface area contributed by atoms with E-state index in [-0.39, 0.29) is 17.3 Å². The molecule has 0 N–H and O–H groups in total. The lowest BCUT2D eigenvalue weighted by Crippen LogP contribution is -1.96. The van der Waals surface area contributed by atoms with Crippen molar-refractivity contribution in [1.29, 1.82) is 0 Å². The number of sulfone groups is 1. The molecule has 3 aromatic carbocycles. The van der Waals surface area contributed by atoms with Crippen LogP contribution in [0, 0.1) is 5.82 Å². The van der Waals surface area contributed by atoms with Gasteiger partial charge < -0.3 is 9.15 Å². The van der Waals surface area contributed by atoms with Gasteiger partial charge in [-0.15, -0.1) is 0 Å². The van der Waals surface area contributed by atoms with Crippen LogP contribution >= 0.6 is 0 Å². The minimum atomic E-state index is -3.31. The Kier molecular flexibility index (Phi) is 5.37. The van der Waals surface area contributed by atoms with Crippen molar-refractivity contribution < 1.29 is 22.0 Å². The molecule has 152 valence electrons. The number of rotatable bonds is 6. The molecule has 30 heavy (non-hydrogen) atoms. The van der Waals surface area contributed by atoms with Crippen molar-refractivity contribution in [3.63, 3.8) is 0 Å². The molecule has 0 spiro atoms. The summed E-state index contributed by atoms with van der Waals surface area (Å²) < 4.78 is 48.5. The summed E-state index contributed by atoms with van der Waals surface area (Å²) in [5.41, 5.74) is 1.85. The summed E-state index contributed by atoms with van der Waals surface area (Å²) in [5.74, 6) is 1.13. The first-order chi connectivity index (χ1) is 14.4. The maximum Gasteiger partial charge on any atom is 0.233 e. The van der Waals surface area contributed by atoms with Crippen LogP contribution in [0.4, 0.5) is 4.39 Å². The van der Waals surface area contributed by atoms with Gasteiger partial charge in [0.05, 0.1) is 4.90 Å². The van der Waals surface area contributed by atoms with E-state index in [9.17, 15) is 12.8 Å². The number of benzene rings is 3. The van der Waals surface area contributed by atoms with E-state index in [1.807, 2.05) is 30.3 Å². The Morgan fingerprint density at radius 3 is 2.17 bits per heavy atom. The molecule has 0 fully saturated rings. The SMILES string of the molecule is CS(=O)(=O)c1ccc(-c2oc(COc3ccccc3)nc2-c2ccc(F)cc2)cc1. The van der Waals surface area contributed by atoms with Gasteiger partial charge in [-0.25, -0.2) is 17.8 Å². The van der Waals surface area contributed by atoms with Crippen molar-refractivity contribution in [2.24, 2.45) is 0 Å². The van der Waals surface area contributed by atoms with Gasteiger partial charge in [0.1, 0.15) is 17.3 Å². The van der Waals surface area contributed by atoms with Crippen LogP contribution in [0.1, 0.15) is 5.89 Å². The highest BCUT2D eigenvalue weighted by molar-refractivity contribution is 7.90. The standard InChI is InChI=1S/C23H18FNO4S/c1-30(26,27)20-13-9-17(10-14-20)23-22(16-7-11-18(24)12-8-16)25-21(29-23)15-28-19-5-3-2-4-6-19/h2-14H,15H2,1H3. The van der Waals surface area contributed by atoms with E-state index in [0.29, 0.717) is 34.2 Å². The van der Waals surface area contributed by atoms with Gasteiger partial charge in [-0.1, -0.05) is 18.2 Å². The lowest BCUT2D eigenvalue weighted by atomic mass is 10.1. The largest absolute Gasteiger partial charge is 0.484 e. The fraction of sp³-hybridized carbons (Fsp3) is 0.0870. The number of ether oxygens (including phenoxy) is 1. The summed E-state index contributed by atoms with van der Waals surface area (Å²) in [6, 6.07) is 21.6. The number of hydrogen-bond acceptors (Lipinski definition) is 5. The predicted molar refractivity (Wildman–Crippen MR) is 111 cm³/mol. The third kappa shape index (κ3) is 4.41. The van der Waals surface area contributed by atoms with E-state index < -0.39 is 9.84 Å². The van der Waals surface area contributed by atoms with Crippen LogP contribution in [-0.2, 0) is 16.4 Å². The number of oxazole rings is 1. The molecule has 4 rings (SSSR count). The van der Waals surface area contributed by atoms with Crippen molar-refractivity contribution >= 4 is 9.84 Å². The van der Waals surface area contributed by atoms with Gasteiger partial charge in [-0.2, -0.15) is 0 Å². The average Bonchev–Trinajstić information content (AvgIpc) is 3.17. The number of aromatic nitrogens is 1. The summed E-state index contributed by atoms with van der Waals surface area (Å²) in [7, 11) is -3.31. The molecule has 5 nitrogen and oxygen atoms in total. The van der Waals surface area contributed by atoms with Crippen LogP contribution in [0.2, 0.25) is 0 Å². The fourth-order valence-corrected chi connectivity index (χ4v) is 3.57. The van der Waals surface area contributed by atoms with E-state index >= 15 is 0 Å². The second-order valence-electron chi connectivity index (χ2n) is 6.69. The van der Waals surface area contributed by atoms with Gasteiger partial charge in [0, 0.05) is 17.4 Å². The van der Waals surface area contributed by atoms with Crippen LogP contribution in [0.3, 0.4) is 0 Å². The third-order valence-corrected chi connectivity index (χ3v) is 5.57. The van der Waals surface area contributed by atoms with E-state index in [4.69, 9.17) is 9.15 Å². The molecule has 0 aliphatic rings. The molecule has 0 unspecified atom stereocenters. The first-order valence-corrected chi connectivity index (χ1v) is 11.0. The minimum absolute atomic E-state index is 0.111. The second-order valence-corrected chi connectivity index (χ2v) is 8.71. The van der Waals surface area contributed by atoms with Crippen molar-refractivity contribution in [3.05, 3.63) is 90.6 Å². The van der Waals surface area contributed by atoms with Crippen molar-refractivity contribution in [2.75, 3.05) is 6.26 Å². The highest BCUT2D eigenvalue weighted by Gasteiger charge is 2.18. The predicted octanol–water partition coefficient (Wildman–Crippen LogP) is 5.13. The molecule has 7 heteroatoms. The van der Waals surface area contributed by atoms with Gasteiger partial charge >= 0.3 is 0 Å². The first-order valence-electron chi connectivity index (χ1n) is 9.14. The van der Waals surface area contributed by atoms with Gasteiger partial charge in [0.2, 0.25) is 5.89 Å². The Morgan fingerprint density at radius 1 is 0.900 bits per heavy atom. The topological polar surface area (TPSA) is 69.4 Å². The number of nitrogens with zero attached hydrogens (tertiary/aromatic N) is 1. The number of para-hydroxylation sites is 1. The van der Waals surface area contributed by atoms with Crippen LogP contribution in [-0.4, -0.2) is 19.7 Å². The molecule has 4 aromatic rings. The van der Waals surface area contributed by atoms with Gasteiger partial charge in [0.15, 0.2) is 22.2 Å². The van der Waals surface area contributed by atoms with E-state index in [1.165, 1.54) is 24.3 Å². The third-order valence-electron chi connectivity index (χ3n) is 4.44. The molecular weight excluding hydrogens is 405 g/mol. The summed E-state index contributed by atoms with van der Waals surface area (Å²) in [6.07, 6.45) is 1.15. The van der Waals surface area contributed by atoms with E-state index in [1.54, 1.807) is 24.3 Å². The average molecular weight is 423 g/mol. The maximum absolute atomic E-state index is 13.4. The Bertz CT molecular complexity index is 1250. The fourth-order valence-electron chi connectivity index (χ4n) is 2.94. The van der Waals surface area contributed by atoms with Crippen molar-refractivity contribution in [2.45, 2.75) is 11.5 Å². The van der Waals surface area contributed by atoms with Crippen LogP contribution in [0.15, 0.2) is 88.2 Å². The van der Waals surface area contributed by atoms with Crippen molar-refractivity contribution in [3.8, 4) is 28.3 Å². The minimum Gasteiger partial charge on any atom is -0.484 e. The highest BCUT2D eigenvalue weighted by Crippen LogP contribution is 2.33. The molecule has 0 bridgehead atoms. The molecular formula is C23H18FNO4S. The van der Waals surface area contributed by atoms with Crippen LogP contribution < -0.4 is 4.74 Å². The van der Waals surface area contributed by atoms with E-state index in [0.717, 1.165) is 6.26 Å². The zero-order valence-corrected chi connectivity index (χ0v) is 16.9. The smallest absolute Gasteiger partial charge is 0.233 e. The molecule has 0 radical (unpaired) electrons. The molecule has 0 aliphatic carbocycles. The lowest BCUT2D eigenvalue weighted by Gasteiger charge is -2.03. The van der Waals surface area contributed by atoms with Crippen LogP contribution in [0.5, 0.6) is 5.75 Å². The quantitative estimate of drug-likeness (QED) is 0.430. The van der Waals surface area contributed by atoms with Crippen molar-refractivity contribution in [1.82, 2.24) is 4.98 Å². The molecule has 1 aromatic heterocycles. The molecule has 0 amide bonds. The maximum atomic E-state index is 13.4. The first kappa shape index (κ1) is 19.8. The monoisotopic (exact) mass is 423 g/mol. The Hall–Kier alpha value is -3.45. The van der Waals surface area contributed by atoms with Crippen LogP contribution in [0.25, 0.3) is 22.6 Å². The summed E-state index contributed by atoms with van der Waals surface area (Å²) in [6.45, 7) is 0.111.